The quantitative estimate of drug-likeness (QED) is 0.897. The fraction of sp³-hybridized carbons (Fsp3) is 0.350. The highest BCUT2D eigenvalue weighted by Crippen LogP contribution is 2.29. The molecule has 0 spiro atoms. The molecule has 2 aromatic carbocycles. The Bertz CT molecular complexity index is 779. The topological polar surface area (TPSA) is 60.8 Å². The number of phenols is 1. The molecule has 1 aliphatic heterocycles. The van der Waals surface area contributed by atoms with Crippen LogP contribution in [-0.4, -0.2) is 39.7 Å². The summed E-state index contributed by atoms with van der Waals surface area (Å²) in [5, 5.41) is 20.4. The average molecular weight is 343 g/mol. The number of likely N-dealkylation sites (tertiary alicyclic amines) is 1. The predicted octanol–water partition coefficient (Wildman–Crippen LogP) is 2.84. The minimum Gasteiger partial charge on any atom is -0.508 e. The van der Waals surface area contributed by atoms with Gasteiger partial charge < -0.3 is 15.1 Å². The van der Waals surface area contributed by atoms with Crippen LogP contribution in [0.5, 0.6) is 5.75 Å². The van der Waals surface area contributed by atoms with Gasteiger partial charge in [-0.3, -0.25) is 4.79 Å². The Kier molecular flexibility index (Phi) is 4.77. The van der Waals surface area contributed by atoms with E-state index in [4.69, 9.17) is 0 Å². The lowest BCUT2D eigenvalue weighted by Crippen LogP contribution is -2.39. The highest BCUT2D eigenvalue weighted by molar-refractivity contribution is 5.83. The number of carbonyl (C=O) groups excluding carboxylic acids is 1. The summed E-state index contributed by atoms with van der Waals surface area (Å²) < 4.78 is 13.3. The maximum atomic E-state index is 13.3. The highest BCUT2D eigenvalue weighted by atomic mass is 19.1. The van der Waals surface area contributed by atoms with Crippen LogP contribution in [0.3, 0.4) is 0 Å². The summed E-state index contributed by atoms with van der Waals surface area (Å²) in [5.74, 6) is -0.685. The van der Waals surface area contributed by atoms with Crippen molar-refractivity contribution < 1.29 is 19.4 Å². The molecular formula is C20H22FNO3. The Morgan fingerprint density at radius 2 is 2.04 bits per heavy atom. The molecule has 0 aromatic heterocycles. The van der Waals surface area contributed by atoms with E-state index in [1.165, 1.54) is 12.1 Å². The molecular weight excluding hydrogens is 321 g/mol. The Morgan fingerprint density at radius 1 is 1.28 bits per heavy atom. The Labute approximate surface area is 146 Å². The van der Waals surface area contributed by atoms with Crippen molar-refractivity contribution in [1.29, 1.82) is 0 Å². The van der Waals surface area contributed by atoms with E-state index in [9.17, 15) is 19.4 Å². The Balaban J connectivity index is 1.68. The molecule has 2 aromatic rings. The van der Waals surface area contributed by atoms with Crippen molar-refractivity contribution in [3.05, 3.63) is 65.5 Å². The summed E-state index contributed by atoms with van der Waals surface area (Å²) >= 11 is 0. The lowest BCUT2D eigenvalue weighted by atomic mass is 9.93. The summed E-state index contributed by atoms with van der Waals surface area (Å²) in [5.41, 5.74) is 0.422. The number of aromatic hydroxyl groups is 1. The predicted molar refractivity (Wildman–Crippen MR) is 92.8 cm³/mol. The van der Waals surface area contributed by atoms with E-state index in [1.54, 1.807) is 48.2 Å². The molecule has 1 fully saturated rings. The lowest BCUT2D eigenvalue weighted by Gasteiger charge is -2.25. The number of carbonyl (C=O) groups is 1. The van der Waals surface area contributed by atoms with Gasteiger partial charge in [-0.05, 0) is 48.7 Å². The number of rotatable bonds is 4. The summed E-state index contributed by atoms with van der Waals surface area (Å²) in [7, 11) is 0. The van der Waals surface area contributed by atoms with Gasteiger partial charge in [0.2, 0.25) is 5.91 Å². The number of aliphatic hydroxyl groups is 1. The number of hydrogen-bond donors (Lipinski definition) is 2. The summed E-state index contributed by atoms with van der Waals surface area (Å²) in [6.07, 6.45) is 0.775. The van der Waals surface area contributed by atoms with E-state index in [1.807, 2.05) is 0 Å². The maximum Gasteiger partial charge on any atom is 0.229 e. The van der Waals surface area contributed by atoms with Gasteiger partial charge in [0.15, 0.2) is 0 Å². The van der Waals surface area contributed by atoms with Gasteiger partial charge >= 0.3 is 0 Å². The Hall–Kier alpha value is -2.40. The molecule has 0 aliphatic carbocycles. The average Bonchev–Trinajstić information content (AvgIpc) is 2.95. The molecule has 0 saturated carbocycles. The first kappa shape index (κ1) is 17.4. The van der Waals surface area contributed by atoms with Gasteiger partial charge in [-0.25, -0.2) is 4.39 Å². The van der Waals surface area contributed by atoms with Gasteiger partial charge in [-0.15, -0.1) is 0 Å². The second kappa shape index (κ2) is 6.84. The van der Waals surface area contributed by atoms with E-state index in [2.05, 4.69) is 0 Å². The van der Waals surface area contributed by atoms with E-state index < -0.39 is 11.5 Å². The number of benzene rings is 2. The lowest BCUT2D eigenvalue weighted by molar-refractivity contribution is -0.132. The molecule has 5 heteroatoms. The molecule has 0 radical (unpaired) electrons. The molecule has 4 nitrogen and oxygen atoms in total. The molecule has 25 heavy (non-hydrogen) atoms. The number of hydrogen-bond acceptors (Lipinski definition) is 3. The fourth-order valence-electron chi connectivity index (χ4n) is 3.43. The number of β-amino-alcohol motifs (C(OH)–C–C–N with tert-alkyl or cyclic N) is 1. The van der Waals surface area contributed by atoms with Gasteiger partial charge in [-0.1, -0.05) is 24.3 Å². The van der Waals surface area contributed by atoms with Crippen molar-refractivity contribution in [2.24, 2.45) is 0 Å². The van der Waals surface area contributed by atoms with Crippen LogP contribution >= 0.6 is 0 Å². The zero-order valence-electron chi connectivity index (χ0n) is 14.2. The molecule has 2 atom stereocenters. The third-order valence-electron chi connectivity index (χ3n) is 4.81. The first-order valence-corrected chi connectivity index (χ1v) is 8.41. The smallest absolute Gasteiger partial charge is 0.229 e. The fourth-order valence-corrected chi connectivity index (χ4v) is 3.43. The highest BCUT2D eigenvalue weighted by Gasteiger charge is 2.39. The van der Waals surface area contributed by atoms with Crippen molar-refractivity contribution in [3.63, 3.8) is 0 Å². The monoisotopic (exact) mass is 343 g/mol. The third-order valence-corrected chi connectivity index (χ3v) is 4.81. The van der Waals surface area contributed by atoms with Gasteiger partial charge in [0.25, 0.3) is 0 Å². The maximum absolute atomic E-state index is 13.3. The number of nitrogens with zero attached hydrogens (tertiary/aromatic N) is 1. The van der Waals surface area contributed by atoms with Crippen molar-refractivity contribution in [1.82, 2.24) is 4.90 Å². The Morgan fingerprint density at radius 3 is 2.76 bits per heavy atom. The summed E-state index contributed by atoms with van der Waals surface area (Å²) in [4.78, 5) is 14.4. The van der Waals surface area contributed by atoms with E-state index >= 15 is 0 Å². The van der Waals surface area contributed by atoms with Crippen LogP contribution < -0.4 is 0 Å². The zero-order chi connectivity index (χ0) is 18.0. The van der Waals surface area contributed by atoms with Crippen LogP contribution in [-0.2, 0) is 11.2 Å². The van der Waals surface area contributed by atoms with Crippen LogP contribution in [0.25, 0.3) is 0 Å². The SMILES string of the molecule is CC(C(=O)N1CCC(O)(Cc2cccc(F)c2)C1)c1cccc(O)c1. The van der Waals surface area contributed by atoms with Gasteiger partial charge in [-0.2, -0.15) is 0 Å². The minimum absolute atomic E-state index is 0.0826. The number of amides is 1. The van der Waals surface area contributed by atoms with Crippen LogP contribution in [0.2, 0.25) is 0 Å². The van der Waals surface area contributed by atoms with Crippen molar-refractivity contribution in [3.8, 4) is 5.75 Å². The second-order valence-electron chi connectivity index (χ2n) is 6.86. The van der Waals surface area contributed by atoms with E-state index in [0.717, 1.165) is 11.1 Å². The molecule has 132 valence electrons. The third kappa shape index (κ3) is 3.99. The summed E-state index contributed by atoms with van der Waals surface area (Å²) in [6.45, 7) is 2.49. The van der Waals surface area contributed by atoms with E-state index in [0.29, 0.717) is 19.4 Å². The number of halogens is 1. The molecule has 0 bridgehead atoms. The van der Waals surface area contributed by atoms with Crippen molar-refractivity contribution in [2.45, 2.75) is 31.3 Å². The second-order valence-corrected chi connectivity index (χ2v) is 6.86. The van der Waals surface area contributed by atoms with E-state index in [-0.39, 0.29) is 24.0 Å². The molecule has 1 saturated heterocycles. The molecule has 2 unspecified atom stereocenters. The molecule has 3 rings (SSSR count). The first-order chi connectivity index (χ1) is 11.9. The standard InChI is InChI=1S/C20H22FNO3/c1-14(16-5-3-7-18(23)11-16)19(24)22-9-8-20(25,13-22)12-15-4-2-6-17(21)10-15/h2-7,10-11,14,23,25H,8-9,12-13H2,1H3. The zero-order valence-corrected chi connectivity index (χ0v) is 14.2. The van der Waals surface area contributed by atoms with Crippen LogP contribution in [0.4, 0.5) is 4.39 Å². The summed E-state index contributed by atoms with van der Waals surface area (Å²) in [6, 6.07) is 12.8. The van der Waals surface area contributed by atoms with Crippen molar-refractivity contribution >= 4 is 5.91 Å². The first-order valence-electron chi connectivity index (χ1n) is 8.41. The minimum atomic E-state index is -1.04. The molecule has 1 heterocycles. The molecule has 1 amide bonds. The van der Waals surface area contributed by atoms with Crippen molar-refractivity contribution in [2.75, 3.05) is 13.1 Å². The van der Waals surface area contributed by atoms with Gasteiger partial charge in [0.05, 0.1) is 11.5 Å². The normalized spacial score (nSPS) is 21.3. The molecule has 1 aliphatic rings. The van der Waals surface area contributed by atoms with Crippen LogP contribution in [0.1, 0.15) is 30.4 Å². The molecule has 2 N–H and O–H groups in total. The number of phenolic OH excluding ortho intramolecular Hbond substituents is 1. The van der Waals surface area contributed by atoms with Crippen LogP contribution in [0.15, 0.2) is 48.5 Å². The van der Waals surface area contributed by atoms with Gasteiger partial charge in [0, 0.05) is 19.5 Å². The van der Waals surface area contributed by atoms with Crippen LogP contribution in [0, 0.1) is 5.82 Å². The largest absolute Gasteiger partial charge is 0.508 e. The van der Waals surface area contributed by atoms with Gasteiger partial charge in [0.1, 0.15) is 11.6 Å².